The summed E-state index contributed by atoms with van der Waals surface area (Å²) in [5, 5.41) is 2.62. The van der Waals surface area contributed by atoms with Gasteiger partial charge in [-0.15, -0.1) is 0 Å². The molecule has 0 fully saturated rings. The Labute approximate surface area is 140 Å². The van der Waals surface area contributed by atoms with E-state index < -0.39 is 12.0 Å². The number of hydrogen-bond donors (Lipinski definition) is 2. The molecule has 0 aliphatic heterocycles. The molecule has 6 heteroatoms. The molecule has 2 amide bonds. The fourth-order valence-corrected chi connectivity index (χ4v) is 1.81. The predicted octanol–water partition coefficient (Wildman–Crippen LogP) is 1.85. The van der Waals surface area contributed by atoms with E-state index in [1.165, 1.54) is 6.20 Å². The summed E-state index contributed by atoms with van der Waals surface area (Å²) in [4.78, 5) is 26.5. The van der Waals surface area contributed by atoms with Crippen LogP contribution in [0.4, 0.5) is 4.79 Å². The van der Waals surface area contributed by atoms with Crippen LogP contribution in [0.1, 0.15) is 27.9 Å². The highest BCUT2D eigenvalue weighted by Crippen LogP contribution is 2.01. The predicted molar refractivity (Wildman–Crippen MR) is 88.9 cm³/mol. The van der Waals surface area contributed by atoms with E-state index in [9.17, 15) is 9.59 Å². The zero-order valence-electron chi connectivity index (χ0n) is 13.0. The first-order valence-corrected chi connectivity index (χ1v) is 7.33. The summed E-state index contributed by atoms with van der Waals surface area (Å²) in [6.45, 7) is 0.591. The molecule has 1 aromatic heterocycles. The standard InChI is InChI=1S/C18H17N3O3/c19-17(22)16-10-15(11-20-12-16)8-4-5-9-21-18(23)24-13-14-6-2-1-3-7-14/h1-3,6-7,10-12H,5,9,13H2,(H2,19,22)(H,21,23). The largest absolute Gasteiger partial charge is 0.445 e. The van der Waals surface area contributed by atoms with E-state index in [1.54, 1.807) is 12.3 Å². The highest BCUT2D eigenvalue weighted by molar-refractivity contribution is 5.92. The topological polar surface area (TPSA) is 94.3 Å². The number of alkyl carbamates (subject to hydrolysis) is 1. The maximum absolute atomic E-state index is 11.5. The lowest BCUT2D eigenvalue weighted by atomic mass is 10.2. The van der Waals surface area contributed by atoms with Crippen LogP contribution in [0, 0.1) is 11.8 Å². The molecule has 0 bridgehead atoms. The Bertz CT molecular complexity index is 764. The molecular weight excluding hydrogens is 306 g/mol. The third-order valence-corrected chi connectivity index (χ3v) is 2.99. The van der Waals surface area contributed by atoms with Gasteiger partial charge in [-0.25, -0.2) is 4.79 Å². The van der Waals surface area contributed by atoms with E-state index in [4.69, 9.17) is 10.5 Å². The molecule has 0 saturated carbocycles. The number of benzene rings is 1. The highest BCUT2D eigenvalue weighted by atomic mass is 16.5. The Morgan fingerprint density at radius 3 is 2.75 bits per heavy atom. The van der Waals surface area contributed by atoms with Crippen molar-refractivity contribution in [3.05, 3.63) is 65.5 Å². The fraction of sp³-hybridized carbons (Fsp3) is 0.167. The van der Waals surface area contributed by atoms with E-state index in [-0.39, 0.29) is 6.61 Å². The maximum Gasteiger partial charge on any atom is 0.407 e. The van der Waals surface area contributed by atoms with E-state index in [2.05, 4.69) is 22.1 Å². The second kappa shape index (κ2) is 8.96. The minimum Gasteiger partial charge on any atom is -0.445 e. The molecule has 6 nitrogen and oxygen atoms in total. The van der Waals surface area contributed by atoms with Crippen molar-refractivity contribution in [3.8, 4) is 11.8 Å². The molecule has 0 radical (unpaired) electrons. The Balaban J connectivity index is 1.70. The van der Waals surface area contributed by atoms with Crippen LogP contribution < -0.4 is 11.1 Å². The van der Waals surface area contributed by atoms with Crippen molar-refractivity contribution in [1.29, 1.82) is 0 Å². The van der Waals surface area contributed by atoms with Crippen molar-refractivity contribution in [3.63, 3.8) is 0 Å². The monoisotopic (exact) mass is 323 g/mol. The minimum absolute atomic E-state index is 0.226. The molecule has 2 rings (SSSR count). The third-order valence-electron chi connectivity index (χ3n) is 2.99. The minimum atomic E-state index is -0.547. The van der Waals surface area contributed by atoms with Gasteiger partial charge in [0.2, 0.25) is 5.91 Å². The van der Waals surface area contributed by atoms with Gasteiger partial charge >= 0.3 is 6.09 Å². The molecule has 1 heterocycles. The molecule has 0 aliphatic rings. The summed E-state index contributed by atoms with van der Waals surface area (Å²) in [6, 6.07) is 11.0. The summed E-state index contributed by atoms with van der Waals surface area (Å²) in [7, 11) is 0. The molecule has 0 spiro atoms. The van der Waals surface area contributed by atoms with Crippen LogP contribution in [0.5, 0.6) is 0 Å². The number of nitrogens with two attached hydrogens (primary N) is 1. The molecule has 122 valence electrons. The summed E-state index contributed by atoms with van der Waals surface area (Å²) in [6.07, 6.45) is 2.89. The van der Waals surface area contributed by atoms with E-state index >= 15 is 0 Å². The first-order chi connectivity index (χ1) is 11.6. The van der Waals surface area contributed by atoms with Gasteiger partial charge < -0.3 is 15.8 Å². The normalized spacial score (nSPS) is 9.50. The summed E-state index contributed by atoms with van der Waals surface area (Å²) in [5.74, 6) is 5.20. The zero-order chi connectivity index (χ0) is 17.2. The lowest BCUT2D eigenvalue weighted by Gasteiger charge is -2.05. The molecular formula is C18H17N3O3. The van der Waals surface area contributed by atoms with Gasteiger partial charge in [-0.05, 0) is 11.6 Å². The number of carbonyl (C=O) groups excluding carboxylic acids is 2. The molecule has 1 aromatic carbocycles. The van der Waals surface area contributed by atoms with Gasteiger partial charge in [0.05, 0.1) is 5.56 Å². The Kier molecular flexibility index (Phi) is 6.35. The van der Waals surface area contributed by atoms with Gasteiger partial charge in [-0.2, -0.15) is 0 Å². The molecule has 3 N–H and O–H groups in total. The zero-order valence-corrected chi connectivity index (χ0v) is 13.0. The highest BCUT2D eigenvalue weighted by Gasteiger charge is 2.01. The number of ether oxygens (including phenoxy) is 1. The van der Waals surface area contributed by atoms with E-state index in [1.807, 2.05) is 30.3 Å². The second-order valence-electron chi connectivity index (χ2n) is 4.87. The molecule has 2 aromatic rings. The van der Waals surface area contributed by atoms with Crippen LogP contribution >= 0.6 is 0 Å². The van der Waals surface area contributed by atoms with Crippen LogP contribution in [0.3, 0.4) is 0 Å². The van der Waals surface area contributed by atoms with E-state index in [0.29, 0.717) is 24.1 Å². The Morgan fingerprint density at radius 1 is 1.21 bits per heavy atom. The van der Waals surface area contributed by atoms with Crippen molar-refractivity contribution in [2.45, 2.75) is 13.0 Å². The van der Waals surface area contributed by atoms with Gasteiger partial charge in [0.15, 0.2) is 0 Å². The first kappa shape index (κ1) is 17.0. The molecule has 0 atom stereocenters. The van der Waals surface area contributed by atoms with Crippen LogP contribution in [0.25, 0.3) is 0 Å². The van der Waals surface area contributed by atoms with Crippen molar-refractivity contribution in [2.75, 3.05) is 6.54 Å². The van der Waals surface area contributed by atoms with Gasteiger partial charge in [0.25, 0.3) is 0 Å². The van der Waals surface area contributed by atoms with Crippen molar-refractivity contribution in [1.82, 2.24) is 10.3 Å². The number of primary amides is 1. The lowest BCUT2D eigenvalue weighted by molar-refractivity contribution is 0.0999. The third kappa shape index (κ3) is 5.81. The van der Waals surface area contributed by atoms with Gasteiger partial charge in [0, 0.05) is 30.9 Å². The number of aromatic nitrogens is 1. The lowest BCUT2D eigenvalue weighted by Crippen LogP contribution is -2.24. The van der Waals surface area contributed by atoms with Crippen molar-refractivity contribution >= 4 is 12.0 Å². The fourth-order valence-electron chi connectivity index (χ4n) is 1.81. The smallest absolute Gasteiger partial charge is 0.407 e. The van der Waals surface area contributed by atoms with Gasteiger partial charge in [0.1, 0.15) is 6.61 Å². The number of hydrogen-bond acceptors (Lipinski definition) is 4. The molecule has 0 aliphatic carbocycles. The second-order valence-corrected chi connectivity index (χ2v) is 4.87. The van der Waals surface area contributed by atoms with Crippen LogP contribution in [-0.4, -0.2) is 23.5 Å². The number of nitrogens with zero attached hydrogens (tertiary/aromatic N) is 1. The van der Waals surface area contributed by atoms with Crippen molar-refractivity contribution in [2.24, 2.45) is 5.73 Å². The Morgan fingerprint density at radius 2 is 2.00 bits per heavy atom. The molecule has 24 heavy (non-hydrogen) atoms. The number of rotatable bonds is 5. The Hall–Kier alpha value is -3.33. The number of carbonyl (C=O) groups is 2. The average Bonchev–Trinajstić information content (AvgIpc) is 2.61. The summed E-state index contributed by atoms with van der Waals surface area (Å²) in [5.41, 5.74) is 7.00. The number of nitrogens with one attached hydrogen (secondary N) is 1. The van der Waals surface area contributed by atoms with Gasteiger partial charge in [-0.1, -0.05) is 42.2 Å². The maximum atomic E-state index is 11.5. The quantitative estimate of drug-likeness (QED) is 0.648. The van der Waals surface area contributed by atoms with Crippen LogP contribution in [0.2, 0.25) is 0 Å². The van der Waals surface area contributed by atoms with Crippen molar-refractivity contribution < 1.29 is 14.3 Å². The summed E-state index contributed by atoms with van der Waals surface area (Å²) >= 11 is 0. The summed E-state index contributed by atoms with van der Waals surface area (Å²) < 4.78 is 5.08. The van der Waals surface area contributed by atoms with E-state index in [0.717, 1.165) is 5.56 Å². The number of amides is 2. The van der Waals surface area contributed by atoms with Crippen LogP contribution in [-0.2, 0) is 11.3 Å². The SMILES string of the molecule is NC(=O)c1cncc(C#CCCNC(=O)OCc2ccccc2)c1. The molecule has 0 unspecified atom stereocenters. The molecule has 0 saturated heterocycles. The average molecular weight is 323 g/mol. The first-order valence-electron chi connectivity index (χ1n) is 7.33. The number of pyridine rings is 1. The van der Waals surface area contributed by atoms with Gasteiger partial charge in [-0.3, -0.25) is 9.78 Å². The van der Waals surface area contributed by atoms with Crippen LogP contribution in [0.15, 0.2) is 48.8 Å².